The van der Waals surface area contributed by atoms with Gasteiger partial charge in [-0.2, -0.15) is 0 Å². The summed E-state index contributed by atoms with van der Waals surface area (Å²) in [6.45, 7) is 5.39. The second-order valence-electron chi connectivity index (χ2n) is 5.88. The number of likely N-dealkylation sites (tertiary alicyclic amines) is 1. The molecule has 0 bridgehead atoms. The quantitative estimate of drug-likeness (QED) is 0.746. The highest BCUT2D eigenvalue weighted by Gasteiger charge is 2.31. The number of rotatable bonds is 4. The van der Waals surface area contributed by atoms with E-state index in [0.717, 1.165) is 19.8 Å². The second-order valence-corrected chi connectivity index (χ2v) is 5.88. The van der Waals surface area contributed by atoms with E-state index in [1.165, 1.54) is 31.5 Å². The largest absolute Gasteiger partial charge is 0.378 e. The Hall–Kier alpha value is -0.835. The van der Waals surface area contributed by atoms with E-state index in [-0.39, 0.29) is 0 Å². The molecule has 0 spiro atoms. The molecular formula is C15H23BN2O. The fraction of sp³-hybridized carbons (Fsp3) is 0.600. The third-order valence-corrected chi connectivity index (χ3v) is 4.46. The molecule has 1 atom stereocenters. The first-order valence-corrected chi connectivity index (χ1v) is 7.39. The molecule has 1 unspecified atom stereocenters. The Morgan fingerprint density at radius 1 is 1.26 bits per heavy atom. The fourth-order valence-corrected chi connectivity index (χ4v) is 3.11. The van der Waals surface area contributed by atoms with Gasteiger partial charge in [0.2, 0.25) is 0 Å². The van der Waals surface area contributed by atoms with Gasteiger partial charge in [0.05, 0.1) is 19.3 Å². The molecule has 0 aromatic heterocycles. The zero-order valence-electron chi connectivity index (χ0n) is 11.8. The summed E-state index contributed by atoms with van der Waals surface area (Å²) in [6.07, 6.45) is 2.65. The fourth-order valence-electron chi connectivity index (χ4n) is 3.11. The average Bonchev–Trinajstić information content (AvgIpc) is 2.38. The summed E-state index contributed by atoms with van der Waals surface area (Å²) in [5, 5.41) is 0. The number of benzene rings is 1. The van der Waals surface area contributed by atoms with Crippen LogP contribution in [0.3, 0.4) is 0 Å². The van der Waals surface area contributed by atoms with Gasteiger partial charge in [-0.3, -0.25) is 4.90 Å². The molecule has 0 radical (unpaired) electrons. The lowest BCUT2D eigenvalue weighted by atomic mass is 9.98. The highest BCUT2D eigenvalue weighted by molar-refractivity contribution is 6.04. The van der Waals surface area contributed by atoms with E-state index in [4.69, 9.17) is 4.74 Å². The number of nitrogens with zero attached hydrogens (tertiary/aromatic N) is 2. The molecule has 1 aromatic rings. The number of piperidine rings is 1. The molecule has 2 saturated heterocycles. The molecule has 0 saturated carbocycles. The van der Waals surface area contributed by atoms with Crippen LogP contribution in [0.1, 0.15) is 18.4 Å². The van der Waals surface area contributed by atoms with Crippen LogP contribution in [0.4, 0.5) is 0 Å². The van der Waals surface area contributed by atoms with Crippen molar-refractivity contribution in [1.82, 2.24) is 9.71 Å². The van der Waals surface area contributed by atoms with E-state index in [9.17, 15) is 0 Å². The number of hydrogen-bond donors (Lipinski definition) is 0. The lowest BCUT2D eigenvalue weighted by molar-refractivity contribution is -0.0766. The molecule has 0 aliphatic carbocycles. The van der Waals surface area contributed by atoms with Gasteiger partial charge < -0.3 is 9.55 Å². The molecule has 2 heterocycles. The minimum Gasteiger partial charge on any atom is -0.378 e. The Balaban J connectivity index is 1.55. The van der Waals surface area contributed by atoms with Gasteiger partial charge >= 0.3 is 0 Å². The maximum Gasteiger partial charge on any atom is 0.186 e. The summed E-state index contributed by atoms with van der Waals surface area (Å²) in [5.74, 6) is 0. The summed E-state index contributed by atoms with van der Waals surface area (Å²) >= 11 is 0. The lowest BCUT2D eigenvalue weighted by Crippen LogP contribution is -2.56. The molecule has 2 fully saturated rings. The van der Waals surface area contributed by atoms with Crippen LogP contribution in [0.25, 0.3) is 0 Å². The molecule has 3 rings (SSSR count). The number of hydrogen-bond acceptors (Lipinski definition) is 3. The van der Waals surface area contributed by atoms with Crippen LogP contribution < -0.4 is 0 Å². The van der Waals surface area contributed by atoms with Gasteiger partial charge in [-0.25, -0.2) is 0 Å². The van der Waals surface area contributed by atoms with Gasteiger partial charge in [0.15, 0.2) is 7.98 Å². The zero-order valence-corrected chi connectivity index (χ0v) is 11.8. The van der Waals surface area contributed by atoms with Crippen molar-refractivity contribution in [2.24, 2.45) is 0 Å². The minimum absolute atomic E-state index is 0.688. The van der Waals surface area contributed by atoms with Gasteiger partial charge in [-0.05, 0) is 24.9 Å². The summed E-state index contributed by atoms with van der Waals surface area (Å²) in [5.41, 5.74) is 1.41. The minimum atomic E-state index is 0.688. The Kier molecular flexibility index (Phi) is 4.21. The summed E-state index contributed by atoms with van der Waals surface area (Å²) in [6, 6.07) is 12.2. The van der Waals surface area contributed by atoms with Crippen molar-refractivity contribution in [2.45, 2.75) is 31.5 Å². The highest BCUT2D eigenvalue weighted by Crippen LogP contribution is 2.21. The maximum atomic E-state index is 5.32. The molecule has 102 valence electrons. The van der Waals surface area contributed by atoms with Crippen LogP contribution in [0, 0.1) is 0 Å². The number of ether oxygens (including phenoxy) is 1. The monoisotopic (exact) mass is 258 g/mol. The van der Waals surface area contributed by atoms with Gasteiger partial charge in [-0.1, -0.05) is 30.3 Å². The van der Waals surface area contributed by atoms with E-state index in [2.05, 4.69) is 48.0 Å². The van der Waals surface area contributed by atoms with Crippen LogP contribution in [-0.4, -0.2) is 56.1 Å². The van der Waals surface area contributed by atoms with Gasteiger partial charge in [-0.15, -0.1) is 0 Å². The molecular weight excluding hydrogens is 235 g/mol. The van der Waals surface area contributed by atoms with Crippen molar-refractivity contribution in [3.8, 4) is 0 Å². The van der Waals surface area contributed by atoms with Crippen LogP contribution in [0.2, 0.25) is 0 Å². The molecule has 0 amide bonds. The van der Waals surface area contributed by atoms with Crippen molar-refractivity contribution in [2.75, 3.05) is 26.3 Å². The molecule has 2 aliphatic heterocycles. The Morgan fingerprint density at radius 2 is 2.05 bits per heavy atom. The first kappa shape index (κ1) is 13.2. The smallest absolute Gasteiger partial charge is 0.186 e. The Morgan fingerprint density at radius 3 is 2.74 bits per heavy atom. The summed E-state index contributed by atoms with van der Waals surface area (Å²) in [7, 11) is 2.26. The molecule has 1 aromatic carbocycles. The predicted molar refractivity (Wildman–Crippen MR) is 79.7 cm³/mol. The third-order valence-electron chi connectivity index (χ3n) is 4.46. The zero-order chi connectivity index (χ0) is 13.1. The average molecular weight is 258 g/mol. The van der Waals surface area contributed by atoms with Gasteiger partial charge in [0, 0.05) is 19.1 Å². The topological polar surface area (TPSA) is 15.7 Å². The molecule has 3 nitrogen and oxygen atoms in total. The van der Waals surface area contributed by atoms with Gasteiger partial charge in [0.25, 0.3) is 0 Å². The van der Waals surface area contributed by atoms with E-state index >= 15 is 0 Å². The van der Waals surface area contributed by atoms with Crippen LogP contribution in [0.5, 0.6) is 0 Å². The van der Waals surface area contributed by atoms with E-state index in [1.807, 2.05) is 0 Å². The second kappa shape index (κ2) is 6.08. The molecule has 19 heavy (non-hydrogen) atoms. The van der Waals surface area contributed by atoms with E-state index in [1.54, 1.807) is 0 Å². The normalized spacial score (nSPS) is 25.4. The Labute approximate surface area is 117 Å². The van der Waals surface area contributed by atoms with Crippen molar-refractivity contribution in [3.63, 3.8) is 0 Å². The van der Waals surface area contributed by atoms with E-state index in [0.29, 0.717) is 12.1 Å². The van der Waals surface area contributed by atoms with Crippen molar-refractivity contribution in [3.05, 3.63) is 35.9 Å². The maximum absolute atomic E-state index is 5.32. The van der Waals surface area contributed by atoms with Crippen molar-refractivity contribution in [1.29, 1.82) is 0 Å². The first-order valence-electron chi connectivity index (χ1n) is 7.39. The molecule has 0 N–H and O–H groups in total. The summed E-state index contributed by atoms with van der Waals surface area (Å²) in [4.78, 5) is 5.14. The van der Waals surface area contributed by atoms with Crippen molar-refractivity contribution >= 4 is 7.98 Å². The molecule has 2 aliphatic rings. The summed E-state index contributed by atoms with van der Waals surface area (Å²) < 4.78 is 5.32. The van der Waals surface area contributed by atoms with Crippen LogP contribution in [-0.2, 0) is 11.3 Å². The van der Waals surface area contributed by atoms with Crippen molar-refractivity contribution < 1.29 is 4.74 Å². The van der Waals surface area contributed by atoms with E-state index < -0.39 is 0 Å². The SMILES string of the molecule is BN(Cc1ccccc1)C1CCCN(C2COC2)C1. The first-order chi connectivity index (χ1) is 9.33. The third kappa shape index (κ3) is 3.19. The Bertz CT molecular complexity index is 396. The van der Waals surface area contributed by atoms with Crippen LogP contribution in [0.15, 0.2) is 30.3 Å². The lowest BCUT2D eigenvalue weighted by Gasteiger charge is -2.44. The van der Waals surface area contributed by atoms with Gasteiger partial charge in [0.1, 0.15) is 0 Å². The predicted octanol–water partition coefficient (Wildman–Crippen LogP) is 0.900. The van der Waals surface area contributed by atoms with Crippen LogP contribution >= 0.6 is 0 Å². The molecule has 4 heteroatoms. The highest BCUT2D eigenvalue weighted by atomic mass is 16.5. The standard InChI is InChI=1S/C15H23BN2O/c16-18(9-13-5-2-1-3-6-13)14-7-4-8-17(10-14)15-11-19-12-15/h1-3,5-6,14-15H,4,7-12,16H2.